The Morgan fingerprint density at radius 1 is 1.24 bits per heavy atom. The maximum absolute atomic E-state index is 6.40. The van der Waals surface area contributed by atoms with Crippen LogP contribution in [-0.2, 0) is 0 Å². The summed E-state index contributed by atoms with van der Waals surface area (Å²) >= 11 is 0. The van der Waals surface area contributed by atoms with Crippen molar-refractivity contribution in [2.75, 3.05) is 32.8 Å². The first-order valence-electron chi connectivity index (χ1n) is 8.13. The molecule has 0 amide bonds. The lowest BCUT2D eigenvalue weighted by molar-refractivity contribution is 0.259. The molecule has 1 aromatic rings. The van der Waals surface area contributed by atoms with Gasteiger partial charge in [0.2, 0.25) is 0 Å². The molecule has 0 spiro atoms. The normalized spacial score (nSPS) is 19.4. The zero-order chi connectivity index (χ0) is 14.7. The SMILES string of the molecule is CCN(CC1CC1)CC(N)c1ccc2c(c1)OCCCO2. The maximum atomic E-state index is 6.40. The Labute approximate surface area is 127 Å². The predicted molar refractivity (Wildman–Crippen MR) is 83.8 cm³/mol. The van der Waals surface area contributed by atoms with Gasteiger partial charge in [0.25, 0.3) is 0 Å². The Hall–Kier alpha value is -1.26. The number of fused-ring (bicyclic) bond motifs is 1. The molecular formula is C17H26N2O2. The summed E-state index contributed by atoms with van der Waals surface area (Å²) < 4.78 is 11.4. The van der Waals surface area contributed by atoms with Crippen LogP contribution in [0.1, 0.15) is 37.8 Å². The third kappa shape index (κ3) is 3.89. The standard InChI is InChI=1S/C17H26N2O2/c1-2-19(11-13-4-5-13)12-15(18)14-6-7-16-17(10-14)21-9-3-8-20-16/h6-7,10,13,15H,2-5,8-9,11-12,18H2,1H3. The fourth-order valence-electron chi connectivity index (χ4n) is 2.79. The Morgan fingerprint density at radius 3 is 2.71 bits per heavy atom. The molecule has 1 atom stereocenters. The van der Waals surface area contributed by atoms with Gasteiger partial charge in [-0.2, -0.15) is 0 Å². The van der Waals surface area contributed by atoms with Crippen LogP contribution in [0.15, 0.2) is 18.2 Å². The van der Waals surface area contributed by atoms with E-state index in [0.717, 1.165) is 49.1 Å². The van der Waals surface area contributed by atoms with Crippen LogP contribution in [0, 0.1) is 5.92 Å². The zero-order valence-electron chi connectivity index (χ0n) is 12.9. The number of nitrogens with zero attached hydrogens (tertiary/aromatic N) is 1. The van der Waals surface area contributed by atoms with Crippen LogP contribution in [0.3, 0.4) is 0 Å². The van der Waals surface area contributed by atoms with Crippen molar-refractivity contribution in [1.82, 2.24) is 4.90 Å². The van der Waals surface area contributed by atoms with Gasteiger partial charge in [-0.25, -0.2) is 0 Å². The first kappa shape index (κ1) is 14.7. The molecule has 4 heteroatoms. The molecule has 0 bridgehead atoms. The van der Waals surface area contributed by atoms with E-state index < -0.39 is 0 Å². The minimum atomic E-state index is 0.0286. The Balaban J connectivity index is 1.65. The zero-order valence-corrected chi connectivity index (χ0v) is 12.9. The molecule has 0 radical (unpaired) electrons. The summed E-state index contributed by atoms with van der Waals surface area (Å²) in [5, 5.41) is 0. The van der Waals surface area contributed by atoms with Gasteiger partial charge in [-0.05, 0) is 43.0 Å². The van der Waals surface area contributed by atoms with Gasteiger partial charge in [-0.3, -0.25) is 0 Å². The fraction of sp³-hybridized carbons (Fsp3) is 0.647. The highest BCUT2D eigenvalue weighted by atomic mass is 16.5. The molecule has 21 heavy (non-hydrogen) atoms. The van der Waals surface area contributed by atoms with E-state index >= 15 is 0 Å². The Bertz CT molecular complexity index is 474. The van der Waals surface area contributed by atoms with E-state index in [-0.39, 0.29) is 6.04 Å². The summed E-state index contributed by atoms with van der Waals surface area (Å²) in [5.41, 5.74) is 7.53. The first-order chi connectivity index (χ1) is 10.3. The highest BCUT2D eigenvalue weighted by Crippen LogP contribution is 2.33. The van der Waals surface area contributed by atoms with Crippen molar-refractivity contribution in [3.8, 4) is 11.5 Å². The maximum Gasteiger partial charge on any atom is 0.161 e. The molecule has 1 saturated carbocycles. The number of nitrogens with two attached hydrogens (primary N) is 1. The third-order valence-electron chi connectivity index (χ3n) is 4.32. The largest absolute Gasteiger partial charge is 0.490 e. The van der Waals surface area contributed by atoms with Crippen molar-refractivity contribution in [3.63, 3.8) is 0 Å². The average molecular weight is 290 g/mol. The molecule has 3 rings (SSSR count). The molecule has 1 fully saturated rings. The third-order valence-corrected chi connectivity index (χ3v) is 4.32. The van der Waals surface area contributed by atoms with Crippen molar-refractivity contribution in [2.24, 2.45) is 11.7 Å². The van der Waals surface area contributed by atoms with Gasteiger partial charge in [0, 0.05) is 25.6 Å². The van der Waals surface area contributed by atoms with Gasteiger partial charge in [0.15, 0.2) is 11.5 Å². The number of rotatable bonds is 6. The molecule has 2 aliphatic rings. The highest BCUT2D eigenvalue weighted by molar-refractivity contribution is 5.44. The van der Waals surface area contributed by atoms with Crippen LogP contribution in [-0.4, -0.2) is 37.7 Å². The molecule has 1 aromatic carbocycles. The van der Waals surface area contributed by atoms with Crippen molar-refractivity contribution in [3.05, 3.63) is 23.8 Å². The highest BCUT2D eigenvalue weighted by Gasteiger charge is 2.24. The van der Waals surface area contributed by atoms with Gasteiger partial charge in [-0.1, -0.05) is 13.0 Å². The van der Waals surface area contributed by atoms with Crippen molar-refractivity contribution in [2.45, 2.75) is 32.2 Å². The number of hydrogen-bond donors (Lipinski definition) is 1. The van der Waals surface area contributed by atoms with Crippen LogP contribution >= 0.6 is 0 Å². The van der Waals surface area contributed by atoms with Crippen molar-refractivity contribution >= 4 is 0 Å². The van der Waals surface area contributed by atoms with Gasteiger partial charge in [-0.15, -0.1) is 0 Å². The van der Waals surface area contributed by atoms with E-state index in [0.29, 0.717) is 6.61 Å². The second kappa shape index (κ2) is 6.67. The van der Waals surface area contributed by atoms with Crippen molar-refractivity contribution < 1.29 is 9.47 Å². The first-order valence-corrected chi connectivity index (χ1v) is 8.13. The van der Waals surface area contributed by atoms with Crippen LogP contribution in [0.5, 0.6) is 11.5 Å². The van der Waals surface area contributed by atoms with Crippen LogP contribution in [0.25, 0.3) is 0 Å². The van der Waals surface area contributed by atoms with Gasteiger partial charge in [0.05, 0.1) is 13.2 Å². The number of benzene rings is 1. The molecule has 1 heterocycles. The summed E-state index contributed by atoms with van der Waals surface area (Å²) in [6, 6.07) is 6.15. The Kier molecular flexibility index (Phi) is 4.66. The molecule has 1 aliphatic carbocycles. The van der Waals surface area contributed by atoms with E-state index in [2.05, 4.69) is 24.0 Å². The molecular weight excluding hydrogens is 264 g/mol. The number of ether oxygens (including phenoxy) is 2. The number of likely N-dealkylation sites (N-methyl/N-ethyl adjacent to an activating group) is 1. The van der Waals surface area contributed by atoms with Crippen LogP contribution in [0.4, 0.5) is 0 Å². The smallest absolute Gasteiger partial charge is 0.161 e. The average Bonchev–Trinajstić information content (AvgIpc) is 3.32. The van der Waals surface area contributed by atoms with Crippen molar-refractivity contribution in [1.29, 1.82) is 0 Å². The van der Waals surface area contributed by atoms with E-state index in [9.17, 15) is 0 Å². The summed E-state index contributed by atoms with van der Waals surface area (Å²) in [6.45, 7) is 6.82. The second-order valence-corrected chi connectivity index (χ2v) is 6.16. The number of hydrogen-bond acceptors (Lipinski definition) is 4. The van der Waals surface area contributed by atoms with E-state index in [1.54, 1.807) is 0 Å². The van der Waals surface area contributed by atoms with E-state index in [4.69, 9.17) is 15.2 Å². The van der Waals surface area contributed by atoms with Gasteiger partial charge < -0.3 is 20.1 Å². The van der Waals surface area contributed by atoms with E-state index in [1.807, 2.05) is 6.07 Å². The van der Waals surface area contributed by atoms with Crippen LogP contribution < -0.4 is 15.2 Å². The lowest BCUT2D eigenvalue weighted by atomic mass is 10.1. The van der Waals surface area contributed by atoms with E-state index in [1.165, 1.54) is 19.4 Å². The predicted octanol–water partition coefficient (Wildman–Crippen LogP) is 2.58. The second-order valence-electron chi connectivity index (χ2n) is 6.16. The molecule has 0 aromatic heterocycles. The molecule has 2 N–H and O–H groups in total. The molecule has 1 aliphatic heterocycles. The molecule has 4 nitrogen and oxygen atoms in total. The van der Waals surface area contributed by atoms with Crippen LogP contribution in [0.2, 0.25) is 0 Å². The quantitative estimate of drug-likeness (QED) is 0.875. The summed E-state index contributed by atoms with van der Waals surface area (Å²) in [5.74, 6) is 2.58. The molecule has 116 valence electrons. The summed E-state index contributed by atoms with van der Waals surface area (Å²) in [7, 11) is 0. The van der Waals surface area contributed by atoms with Gasteiger partial charge >= 0.3 is 0 Å². The fourth-order valence-corrected chi connectivity index (χ4v) is 2.79. The lowest BCUT2D eigenvalue weighted by Gasteiger charge is -2.24. The lowest BCUT2D eigenvalue weighted by Crippen LogP contribution is -2.33. The summed E-state index contributed by atoms with van der Waals surface area (Å²) in [4.78, 5) is 2.46. The molecule has 0 saturated heterocycles. The minimum absolute atomic E-state index is 0.0286. The van der Waals surface area contributed by atoms with Gasteiger partial charge in [0.1, 0.15) is 0 Å². The minimum Gasteiger partial charge on any atom is -0.490 e. The topological polar surface area (TPSA) is 47.7 Å². The summed E-state index contributed by atoms with van der Waals surface area (Å²) in [6.07, 6.45) is 3.70. The Morgan fingerprint density at radius 2 is 2.00 bits per heavy atom. The molecule has 1 unspecified atom stereocenters. The monoisotopic (exact) mass is 290 g/mol.